The number of hydrogen-bond acceptors (Lipinski definition) is 2. The summed E-state index contributed by atoms with van der Waals surface area (Å²) in [6.45, 7) is 8.21. The zero-order chi connectivity index (χ0) is 12.3. The van der Waals surface area contributed by atoms with Gasteiger partial charge < -0.3 is 5.32 Å². The van der Waals surface area contributed by atoms with Crippen LogP contribution in [-0.4, -0.2) is 31.1 Å². The summed E-state index contributed by atoms with van der Waals surface area (Å²) in [5.41, 5.74) is 1.85. The first-order valence-electron chi connectivity index (χ1n) is 6.57. The lowest BCUT2D eigenvalue weighted by atomic mass is 9.82. The Bertz CT molecular complexity index is 349. The van der Waals surface area contributed by atoms with E-state index in [1.165, 1.54) is 25.1 Å². The van der Waals surface area contributed by atoms with Crippen LogP contribution in [0.15, 0.2) is 30.3 Å². The number of nitrogens with one attached hydrogen (secondary N) is 1. The Labute approximate surface area is 105 Å². The van der Waals surface area contributed by atoms with E-state index in [1.807, 2.05) is 0 Å². The van der Waals surface area contributed by atoms with E-state index < -0.39 is 0 Å². The van der Waals surface area contributed by atoms with Gasteiger partial charge in [-0.2, -0.15) is 0 Å². The average Bonchev–Trinajstić information content (AvgIpc) is 2.72. The summed E-state index contributed by atoms with van der Waals surface area (Å²) in [5.74, 6) is 0. The molecule has 17 heavy (non-hydrogen) atoms. The lowest BCUT2D eigenvalue weighted by Gasteiger charge is -2.31. The minimum Gasteiger partial charge on any atom is -0.317 e. The van der Waals surface area contributed by atoms with Crippen molar-refractivity contribution in [2.24, 2.45) is 5.41 Å². The molecule has 0 bridgehead atoms. The molecule has 0 saturated carbocycles. The molecule has 2 atom stereocenters. The summed E-state index contributed by atoms with van der Waals surface area (Å²) in [6, 6.07) is 11.4. The van der Waals surface area contributed by atoms with E-state index in [0.29, 0.717) is 11.5 Å². The van der Waals surface area contributed by atoms with Crippen molar-refractivity contribution in [1.29, 1.82) is 0 Å². The van der Waals surface area contributed by atoms with Gasteiger partial charge in [0, 0.05) is 19.1 Å². The van der Waals surface area contributed by atoms with Gasteiger partial charge in [-0.05, 0) is 37.9 Å². The summed E-state index contributed by atoms with van der Waals surface area (Å²) in [7, 11) is 2.07. The Balaban J connectivity index is 1.94. The smallest absolute Gasteiger partial charge is 0.0233 e. The third-order valence-corrected chi connectivity index (χ3v) is 4.31. The molecule has 1 aliphatic heterocycles. The molecular formula is C15H24N2. The van der Waals surface area contributed by atoms with Crippen LogP contribution in [0.4, 0.5) is 0 Å². The van der Waals surface area contributed by atoms with Crippen LogP contribution >= 0.6 is 0 Å². The molecule has 1 aliphatic rings. The van der Waals surface area contributed by atoms with Crippen molar-refractivity contribution in [1.82, 2.24) is 10.2 Å². The standard InChI is InChI=1S/C15H24N2/c1-13(16-3)15(2)9-10-17(12-15)11-14-7-5-4-6-8-14/h4-8,13,16H,9-12H2,1-3H3/t13-,15-/m0/s1. The lowest BCUT2D eigenvalue weighted by molar-refractivity contribution is 0.221. The van der Waals surface area contributed by atoms with E-state index in [9.17, 15) is 0 Å². The summed E-state index contributed by atoms with van der Waals surface area (Å²) in [6.07, 6.45) is 1.29. The summed E-state index contributed by atoms with van der Waals surface area (Å²) < 4.78 is 0. The number of rotatable bonds is 4. The lowest BCUT2D eigenvalue weighted by Crippen LogP contribution is -2.41. The zero-order valence-corrected chi connectivity index (χ0v) is 11.2. The third-order valence-electron chi connectivity index (χ3n) is 4.31. The first-order valence-corrected chi connectivity index (χ1v) is 6.57. The van der Waals surface area contributed by atoms with Crippen molar-refractivity contribution in [2.45, 2.75) is 32.9 Å². The third kappa shape index (κ3) is 2.88. The fraction of sp³-hybridized carbons (Fsp3) is 0.600. The maximum atomic E-state index is 3.41. The molecule has 1 N–H and O–H groups in total. The Morgan fingerprint density at radius 3 is 2.71 bits per heavy atom. The number of benzene rings is 1. The van der Waals surface area contributed by atoms with Crippen molar-refractivity contribution in [3.8, 4) is 0 Å². The van der Waals surface area contributed by atoms with Crippen molar-refractivity contribution in [3.63, 3.8) is 0 Å². The van der Waals surface area contributed by atoms with Crippen molar-refractivity contribution >= 4 is 0 Å². The molecule has 94 valence electrons. The molecule has 1 saturated heterocycles. The van der Waals surface area contributed by atoms with E-state index in [4.69, 9.17) is 0 Å². The molecular weight excluding hydrogens is 208 g/mol. The van der Waals surface area contributed by atoms with E-state index in [-0.39, 0.29) is 0 Å². The molecule has 0 spiro atoms. The van der Waals surface area contributed by atoms with E-state index in [1.54, 1.807) is 0 Å². The summed E-state index contributed by atoms with van der Waals surface area (Å²) in [5, 5.41) is 3.41. The number of nitrogens with zero attached hydrogens (tertiary/aromatic N) is 1. The largest absolute Gasteiger partial charge is 0.317 e. The Morgan fingerprint density at radius 1 is 1.35 bits per heavy atom. The zero-order valence-electron chi connectivity index (χ0n) is 11.2. The Morgan fingerprint density at radius 2 is 2.06 bits per heavy atom. The maximum Gasteiger partial charge on any atom is 0.0233 e. The highest BCUT2D eigenvalue weighted by atomic mass is 15.2. The van der Waals surface area contributed by atoms with Gasteiger partial charge in [-0.1, -0.05) is 37.3 Å². The van der Waals surface area contributed by atoms with Gasteiger partial charge in [0.2, 0.25) is 0 Å². The second kappa shape index (κ2) is 5.19. The predicted octanol–water partition coefficient (Wildman–Crippen LogP) is 2.51. The van der Waals surface area contributed by atoms with Crippen molar-refractivity contribution in [2.75, 3.05) is 20.1 Å². The van der Waals surface area contributed by atoms with Crippen LogP contribution in [-0.2, 0) is 6.54 Å². The molecule has 2 rings (SSSR count). The SMILES string of the molecule is CN[C@@H](C)[C@@]1(C)CCN(Cc2ccccc2)C1. The van der Waals surface area contributed by atoms with Crippen LogP contribution in [0.25, 0.3) is 0 Å². The molecule has 1 aromatic rings. The van der Waals surface area contributed by atoms with Gasteiger partial charge in [0.15, 0.2) is 0 Å². The van der Waals surface area contributed by atoms with Crippen LogP contribution in [0.5, 0.6) is 0 Å². The molecule has 0 radical (unpaired) electrons. The van der Waals surface area contributed by atoms with Crippen molar-refractivity contribution < 1.29 is 0 Å². The van der Waals surface area contributed by atoms with Gasteiger partial charge in [0.1, 0.15) is 0 Å². The van der Waals surface area contributed by atoms with Gasteiger partial charge in [-0.25, -0.2) is 0 Å². The molecule has 1 heterocycles. The van der Waals surface area contributed by atoms with E-state index >= 15 is 0 Å². The highest BCUT2D eigenvalue weighted by Crippen LogP contribution is 2.33. The fourth-order valence-electron chi connectivity index (χ4n) is 2.76. The first kappa shape index (κ1) is 12.6. The minimum absolute atomic E-state index is 0.420. The molecule has 1 fully saturated rings. The van der Waals surface area contributed by atoms with E-state index in [0.717, 1.165) is 6.54 Å². The van der Waals surface area contributed by atoms with Crippen LogP contribution in [0.3, 0.4) is 0 Å². The molecule has 2 heteroatoms. The Hall–Kier alpha value is -0.860. The van der Waals surface area contributed by atoms with Gasteiger partial charge in [0.25, 0.3) is 0 Å². The number of likely N-dealkylation sites (tertiary alicyclic amines) is 1. The van der Waals surface area contributed by atoms with Crippen LogP contribution in [0.2, 0.25) is 0 Å². The van der Waals surface area contributed by atoms with Crippen LogP contribution < -0.4 is 5.32 Å². The quantitative estimate of drug-likeness (QED) is 0.858. The van der Waals surface area contributed by atoms with Crippen LogP contribution in [0, 0.1) is 5.41 Å². The second-order valence-electron chi connectivity index (χ2n) is 5.61. The van der Waals surface area contributed by atoms with Gasteiger partial charge >= 0.3 is 0 Å². The second-order valence-corrected chi connectivity index (χ2v) is 5.61. The fourth-order valence-corrected chi connectivity index (χ4v) is 2.76. The van der Waals surface area contributed by atoms with E-state index in [2.05, 4.69) is 61.4 Å². The molecule has 0 amide bonds. The highest BCUT2D eigenvalue weighted by molar-refractivity contribution is 5.14. The minimum atomic E-state index is 0.420. The van der Waals surface area contributed by atoms with Crippen molar-refractivity contribution in [3.05, 3.63) is 35.9 Å². The van der Waals surface area contributed by atoms with Gasteiger partial charge in [0.05, 0.1) is 0 Å². The summed E-state index contributed by atoms with van der Waals surface area (Å²) >= 11 is 0. The number of hydrogen-bond donors (Lipinski definition) is 1. The van der Waals surface area contributed by atoms with Gasteiger partial charge in [-0.3, -0.25) is 4.90 Å². The molecule has 0 aromatic heterocycles. The first-order chi connectivity index (χ1) is 8.14. The average molecular weight is 232 g/mol. The topological polar surface area (TPSA) is 15.3 Å². The highest BCUT2D eigenvalue weighted by Gasteiger charge is 2.37. The normalized spacial score (nSPS) is 27.2. The molecule has 1 aromatic carbocycles. The predicted molar refractivity (Wildman–Crippen MR) is 73.0 cm³/mol. The Kier molecular flexibility index (Phi) is 3.85. The summed E-state index contributed by atoms with van der Waals surface area (Å²) in [4.78, 5) is 2.57. The van der Waals surface area contributed by atoms with Crippen LogP contribution in [0.1, 0.15) is 25.8 Å². The molecule has 0 aliphatic carbocycles. The maximum absolute atomic E-state index is 3.41. The van der Waals surface area contributed by atoms with Gasteiger partial charge in [-0.15, -0.1) is 0 Å². The molecule has 0 unspecified atom stereocenters. The molecule has 2 nitrogen and oxygen atoms in total. The monoisotopic (exact) mass is 232 g/mol.